The Kier molecular flexibility index (Phi) is 4.47. The highest BCUT2D eigenvalue weighted by atomic mass is 16.2. The van der Waals surface area contributed by atoms with Crippen LogP contribution in [0.5, 0.6) is 0 Å². The fourth-order valence-corrected chi connectivity index (χ4v) is 1.18. The number of primary amides is 1. The summed E-state index contributed by atoms with van der Waals surface area (Å²) in [5.74, 6) is -0.652. The van der Waals surface area contributed by atoms with E-state index in [0.717, 1.165) is 5.56 Å². The molecule has 92 valence electrons. The second-order valence-corrected chi connectivity index (χ2v) is 3.66. The SMILES string of the molecule is Cc1ccccc1NC(=O)NCC(N)C(N)=O. The predicted octanol–water partition coefficient (Wildman–Crippen LogP) is -0.0709. The average molecular weight is 236 g/mol. The Morgan fingerprint density at radius 3 is 2.59 bits per heavy atom. The van der Waals surface area contributed by atoms with E-state index < -0.39 is 18.0 Å². The number of carbonyl (C=O) groups excluding carboxylic acids is 2. The summed E-state index contributed by atoms with van der Waals surface area (Å²) in [5.41, 5.74) is 12.0. The van der Waals surface area contributed by atoms with Gasteiger partial charge in [0, 0.05) is 12.2 Å². The summed E-state index contributed by atoms with van der Waals surface area (Å²) in [6, 6.07) is 6.06. The standard InChI is InChI=1S/C11H16N4O2/c1-7-4-2-3-5-9(7)15-11(17)14-6-8(12)10(13)16/h2-5,8H,6,12H2,1H3,(H2,13,16)(H2,14,15,17). The van der Waals surface area contributed by atoms with Crippen molar-refractivity contribution in [1.82, 2.24) is 5.32 Å². The first-order valence-corrected chi connectivity index (χ1v) is 5.16. The minimum absolute atomic E-state index is 0.00699. The van der Waals surface area contributed by atoms with Gasteiger partial charge in [-0.3, -0.25) is 4.79 Å². The molecule has 1 aromatic carbocycles. The van der Waals surface area contributed by atoms with Crippen molar-refractivity contribution in [3.05, 3.63) is 29.8 Å². The molecule has 3 amide bonds. The van der Waals surface area contributed by atoms with Crippen LogP contribution >= 0.6 is 0 Å². The summed E-state index contributed by atoms with van der Waals surface area (Å²) >= 11 is 0. The molecule has 17 heavy (non-hydrogen) atoms. The molecule has 0 radical (unpaired) electrons. The van der Waals surface area contributed by atoms with E-state index in [1.54, 1.807) is 6.07 Å². The maximum absolute atomic E-state index is 11.5. The predicted molar refractivity (Wildman–Crippen MR) is 65.4 cm³/mol. The van der Waals surface area contributed by atoms with Gasteiger partial charge in [-0.15, -0.1) is 0 Å². The second-order valence-electron chi connectivity index (χ2n) is 3.66. The van der Waals surface area contributed by atoms with Crippen molar-refractivity contribution in [3.63, 3.8) is 0 Å². The molecule has 1 rings (SSSR count). The number of hydrogen-bond donors (Lipinski definition) is 4. The molecule has 1 aromatic rings. The minimum atomic E-state index is -0.877. The highest BCUT2D eigenvalue weighted by Crippen LogP contribution is 2.12. The van der Waals surface area contributed by atoms with Gasteiger partial charge in [-0.25, -0.2) is 4.79 Å². The van der Waals surface area contributed by atoms with Crippen LogP contribution in [-0.4, -0.2) is 24.5 Å². The van der Waals surface area contributed by atoms with Crippen LogP contribution in [0.4, 0.5) is 10.5 Å². The van der Waals surface area contributed by atoms with Crippen molar-refractivity contribution in [1.29, 1.82) is 0 Å². The zero-order valence-electron chi connectivity index (χ0n) is 9.57. The first-order valence-electron chi connectivity index (χ1n) is 5.16. The molecular formula is C11H16N4O2. The van der Waals surface area contributed by atoms with Gasteiger partial charge in [0.25, 0.3) is 0 Å². The normalized spacial score (nSPS) is 11.6. The number of aryl methyl sites for hydroxylation is 1. The average Bonchev–Trinajstić information content (AvgIpc) is 2.29. The van der Waals surface area contributed by atoms with Gasteiger partial charge in [0.05, 0.1) is 0 Å². The van der Waals surface area contributed by atoms with Crippen LogP contribution in [0, 0.1) is 6.92 Å². The van der Waals surface area contributed by atoms with Crippen LogP contribution in [0.1, 0.15) is 5.56 Å². The van der Waals surface area contributed by atoms with Crippen LogP contribution in [0.15, 0.2) is 24.3 Å². The summed E-state index contributed by atoms with van der Waals surface area (Å²) < 4.78 is 0. The van der Waals surface area contributed by atoms with Crippen molar-refractivity contribution in [2.45, 2.75) is 13.0 Å². The van der Waals surface area contributed by atoms with Gasteiger partial charge in [-0.1, -0.05) is 18.2 Å². The molecule has 1 unspecified atom stereocenters. The van der Waals surface area contributed by atoms with Crippen molar-refractivity contribution < 1.29 is 9.59 Å². The quantitative estimate of drug-likeness (QED) is 0.587. The second kappa shape index (κ2) is 5.86. The number of anilines is 1. The smallest absolute Gasteiger partial charge is 0.319 e. The molecule has 0 saturated heterocycles. The van der Waals surface area contributed by atoms with E-state index in [1.807, 2.05) is 25.1 Å². The van der Waals surface area contributed by atoms with Gasteiger partial charge in [-0.05, 0) is 18.6 Å². The number of rotatable bonds is 4. The minimum Gasteiger partial charge on any atom is -0.368 e. The number of nitrogens with one attached hydrogen (secondary N) is 2. The third-order valence-corrected chi connectivity index (χ3v) is 2.24. The Balaban J connectivity index is 2.46. The van der Waals surface area contributed by atoms with E-state index in [-0.39, 0.29) is 6.54 Å². The van der Waals surface area contributed by atoms with Crippen LogP contribution in [-0.2, 0) is 4.79 Å². The van der Waals surface area contributed by atoms with Crippen LogP contribution < -0.4 is 22.1 Å². The summed E-state index contributed by atoms with van der Waals surface area (Å²) in [4.78, 5) is 22.1. The molecule has 6 heteroatoms. The number of urea groups is 1. The van der Waals surface area contributed by atoms with Crippen LogP contribution in [0.3, 0.4) is 0 Å². The van der Waals surface area contributed by atoms with Gasteiger partial charge in [0.2, 0.25) is 5.91 Å². The molecule has 0 saturated carbocycles. The van der Waals surface area contributed by atoms with Crippen molar-refractivity contribution in [2.75, 3.05) is 11.9 Å². The number of para-hydroxylation sites is 1. The monoisotopic (exact) mass is 236 g/mol. The third-order valence-electron chi connectivity index (χ3n) is 2.24. The van der Waals surface area contributed by atoms with Gasteiger partial charge < -0.3 is 22.1 Å². The fourth-order valence-electron chi connectivity index (χ4n) is 1.18. The Bertz CT molecular complexity index is 420. The molecule has 0 aliphatic carbocycles. The van der Waals surface area contributed by atoms with Crippen LogP contribution in [0.2, 0.25) is 0 Å². The molecule has 0 bridgehead atoms. The highest BCUT2D eigenvalue weighted by Gasteiger charge is 2.10. The lowest BCUT2D eigenvalue weighted by Gasteiger charge is -2.11. The Morgan fingerprint density at radius 2 is 2.00 bits per heavy atom. The molecule has 1 atom stereocenters. The van der Waals surface area contributed by atoms with E-state index in [0.29, 0.717) is 5.69 Å². The molecular weight excluding hydrogens is 220 g/mol. The molecule has 0 aromatic heterocycles. The maximum atomic E-state index is 11.5. The van der Waals surface area contributed by atoms with Crippen molar-refractivity contribution in [2.24, 2.45) is 11.5 Å². The molecule has 0 spiro atoms. The summed E-state index contributed by atoms with van der Waals surface area (Å²) in [5, 5.41) is 5.11. The molecule has 0 heterocycles. The fraction of sp³-hybridized carbons (Fsp3) is 0.273. The molecule has 6 N–H and O–H groups in total. The van der Waals surface area contributed by atoms with Gasteiger partial charge in [0.1, 0.15) is 6.04 Å². The largest absolute Gasteiger partial charge is 0.368 e. The topological polar surface area (TPSA) is 110 Å². The van der Waals surface area contributed by atoms with E-state index >= 15 is 0 Å². The lowest BCUT2D eigenvalue weighted by molar-refractivity contribution is -0.119. The third kappa shape index (κ3) is 4.12. The Hall–Kier alpha value is -2.08. The van der Waals surface area contributed by atoms with Crippen molar-refractivity contribution in [3.8, 4) is 0 Å². The Labute approximate surface area is 99.4 Å². The zero-order valence-corrected chi connectivity index (χ0v) is 9.57. The van der Waals surface area contributed by atoms with E-state index in [1.165, 1.54) is 0 Å². The van der Waals surface area contributed by atoms with E-state index in [9.17, 15) is 9.59 Å². The van der Waals surface area contributed by atoms with Gasteiger partial charge >= 0.3 is 6.03 Å². The Morgan fingerprint density at radius 1 is 1.35 bits per heavy atom. The summed E-state index contributed by atoms with van der Waals surface area (Å²) in [7, 11) is 0. The van der Waals surface area contributed by atoms with E-state index in [4.69, 9.17) is 11.5 Å². The molecule has 6 nitrogen and oxygen atoms in total. The van der Waals surface area contributed by atoms with Crippen LogP contribution in [0.25, 0.3) is 0 Å². The lowest BCUT2D eigenvalue weighted by Crippen LogP contribution is -2.46. The first kappa shape index (κ1) is 13.0. The maximum Gasteiger partial charge on any atom is 0.319 e. The number of nitrogens with two attached hydrogens (primary N) is 2. The van der Waals surface area contributed by atoms with Gasteiger partial charge in [0.15, 0.2) is 0 Å². The lowest BCUT2D eigenvalue weighted by atomic mass is 10.2. The number of benzene rings is 1. The number of hydrogen-bond acceptors (Lipinski definition) is 3. The first-order chi connectivity index (χ1) is 8.00. The number of amides is 3. The zero-order chi connectivity index (χ0) is 12.8. The summed E-state index contributed by atoms with van der Waals surface area (Å²) in [6.07, 6.45) is 0. The summed E-state index contributed by atoms with van der Waals surface area (Å²) in [6.45, 7) is 1.89. The molecule has 0 aliphatic rings. The highest BCUT2D eigenvalue weighted by molar-refractivity contribution is 5.90. The number of carbonyl (C=O) groups is 2. The van der Waals surface area contributed by atoms with Gasteiger partial charge in [-0.2, -0.15) is 0 Å². The molecule has 0 aliphatic heterocycles. The van der Waals surface area contributed by atoms with E-state index in [2.05, 4.69) is 10.6 Å². The molecule has 0 fully saturated rings. The van der Waals surface area contributed by atoms with Crippen molar-refractivity contribution >= 4 is 17.6 Å².